The van der Waals surface area contributed by atoms with E-state index in [2.05, 4.69) is 122 Å². The Bertz CT molecular complexity index is 3040. The third-order valence-corrected chi connectivity index (χ3v) is 15.3. The summed E-state index contributed by atoms with van der Waals surface area (Å²) in [7, 11) is 0. The van der Waals surface area contributed by atoms with Crippen molar-refractivity contribution in [1.82, 2.24) is 19.5 Å². The number of hydrogen-bond donors (Lipinski definition) is 0. The van der Waals surface area contributed by atoms with Gasteiger partial charge in [0.2, 0.25) is 5.71 Å². The van der Waals surface area contributed by atoms with Crippen molar-refractivity contribution in [3.05, 3.63) is 163 Å². The minimum absolute atomic E-state index is 0. The van der Waals surface area contributed by atoms with E-state index in [-0.39, 0.29) is 31.2 Å². The first-order valence-electron chi connectivity index (χ1n) is 20.9. The van der Waals surface area contributed by atoms with E-state index in [0.717, 1.165) is 57.2 Å². The second kappa shape index (κ2) is 18.0. The Morgan fingerprint density at radius 2 is 1.48 bits per heavy atom. The van der Waals surface area contributed by atoms with Gasteiger partial charge in [-0.3, -0.25) is 4.98 Å². The molecule has 0 atom stereocenters. The number of rotatable bonds is 7. The first kappa shape index (κ1) is 45.7. The van der Waals surface area contributed by atoms with Gasteiger partial charge in [0, 0.05) is 31.2 Å². The van der Waals surface area contributed by atoms with E-state index in [9.17, 15) is 13.2 Å². The average molecular weight is 1080 g/mol. The van der Waals surface area contributed by atoms with Crippen molar-refractivity contribution in [3.63, 3.8) is 0 Å². The summed E-state index contributed by atoms with van der Waals surface area (Å²) in [5.41, 5.74) is 9.22. The molecule has 63 heavy (non-hydrogen) atoms. The summed E-state index contributed by atoms with van der Waals surface area (Å²) in [6, 6.07) is 47.4. The molecule has 4 heterocycles. The Balaban J connectivity index is 0.000000239. The minimum Gasteiger partial charge on any atom is 0 e. The molecule has 0 amide bonds. The van der Waals surface area contributed by atoms with Crippen molar-refractivity contribution < 1.29 is 37.7 Å². The summed E-state index contributed by atoms with van der Waals surface area (Å²) in [6.45, 7) is 11.1. The largest absolute Gasteiger partial charge is 0 e. The summed E-state index contributed by atoms with van der Waals surface area (Å²) in [5.74, 6) is 8.57. The molecule has 0 unspecified atom stereocenters. The van der Waals surface area contributed by atoms with Gasteiger partial charge in [0.25, 0.3) is 0 Å². The van der Waals surface area contributed by atoms with Gasteiger partial charge in [0.05, 0.1) is 22.4 Å². The molecule has 323 valence electrons. The van der Waals surface area contributed by atoms with E-state index in [1.54, 1.807) is 16.5 Å². The second-order valence-corrected chi connectivity index (χ2v) is 28.8. The molecule has 0 fully saturated rings. The van der Waals surface area contributed by atoms with E-state index in [0.29, 0.717) is 33.7 Å². The van der Waals surface area contributed by atoms with Gasteiger partial charge in [-0.05, 0) is 58.5 Å². The molecule has 10 heteroatoms. The number of furan rings is 1. The normalized spacial score (nSPS) is 12.1. The van der Waals surface area contributed by atoms with E-state index < -0.39 is 25.1 Å². The third kappa shape index (κ3) is 9.62. The number of nitrogens with zero attached hydrogens (tertiary/aromatic N) is 4. The van der Waals surface area contributed by atoms with E-state index in [1.807, 2.05) is 60.7 Å². The fraction of sp³-hybridized carbons (Fsp3) is 0.226. The zero-order chi connectivity index (χ0) is 44.0. The van der Waals surface area contributed by atoms with Gasteiger partial charge in [0.15, 0.2) is 0 Å². The van der Waals surface area contributed by atoms with Crippen molar-refractivity contribution in [2.45, 2.75) is 69.9 Å². The molecular weight excluding hydrogens is 1030 g/mol. The van der Waals surface area contributed by atoms with Crippen LogP contribution in [0.5, 0.6) is 0 Å². The van der Waals surface area contributed by atoms with E-state index in [1.165, 1.54) is 11.6 Å². The van der Waals surface area contributed by atoms with E-state index in [4.69, 9.17) is 14.4 Å². The number of benzene rings is 5. The molecule has 0 aliphatic carbocycles. The number of para-hydroxylation sites is 2. The number of hydrogen-bond acceptors (Lipinski definition) is 4. The van der Waals surface area contributed by atoms with Gasteiger partial charge in [-0.2, -0.15) is 13.2 Å². The van der Waals surface area contributed by atoms with Crippen molar-refractivity contribution in [2.75, 3.05) is 0 Å². The molecule has 4 aromatic heterocycles. The van der Waals surface area contributed by atoms with Crippen LogP contribution in [0.2, 0.25) is 17.3 Å². The molecule has 0 N–H and O–H groups in total. The molecule has 0 spiro atoms. The number of alkyl halides is 3. The molecule has 0 saturated heterocycles. The van der Waals surface area contributed by atoms with Crippen molar-refractivity contribution in [3.8, 4) is 39.5 Å². The van der Waals surface area contributed by atoms with E-state index >= 15 is 0 Å². The zero-order valence-corrected chi connectivity index (χ0v) is 41.1. The molecule has 0 aliphatic rings. The fourth-order valence-corrected chi connectivity index (χ4v) is 11.3. The Hall–Kier alpha value is -5.35. The van der Waals surface area contributed by atoms with Crippen LogP contribution >= 0.6 is 0 Å². The number of pyridine rings is 2. The molecule has 0 saturated carbocycles. The van der Waals surface area contributed by atoms with Crippen LogP contribution in [0.4, 0.5) is 13.2 Å². The maximum Gasteiger partial charge on any atom is 0 e. The van der Waals surface area contributed by atoms with Gasteiger partial charge in [0.1, 0.15) is 5.69 Å². The SMILES string of the molecule is CC(C)(C)c1cc(-c2ccccc2)ccc1-n1c(-c2[c-]ccc3c2oc2nc(C(F)(F)F)ccc23)nc2ccccc21.CC(C)Cc1cc(-c2[c-]cccc2)nc[c]1[Ge]([CH3])([CH3])[CH3].[Ir]. The fourth-order valence-electron chi connectivity index (χ4n) is 8.01. The molecule has 9 rings (SSSR count). The topological polar surface area (TPSA) is 56.7 Å². The Kier molecular flexibility index (Phi) is 13.1. The Morgan fingerprint density at radius 3 is 2.16 bits per heavy atom. The third-order valence-electron chi connectivity index (χ3n) is 10.9. The summed E-state index contributed by atoms with van der Waals surface area (Å²) < 4.78 is 49.9. The first-order chi connectivity index (χ1) is 29.5. The van der Waals surface area contributed by atoms with Gasteiger partial charge >= 0.3 is 132 Å². The number of aromatic nitrogens is 4. The summed E-state index contributed by atoms with van der Waals surface area (Å²) in [4.78, 5) is 13.5. The summed E-state index contributed by atoms with van der Waals surface area (Å²) in [6.07, 6.45) is -1.31. The molecule has 0 bridgehead atoms. The van der Waals surface area contributed by atoms with Gasteiger partial charge in [-0.1, -0.05) is 80.3 Å². The summed E-state index contributed by atoms with van der Waals surface area (Å²) >= 11 is -1.86. The number of imidazole rings is 1. The minimum atomic E-state index is -4.58. The standard InChI is InChI=1S/C35H25F3N3O.C18H24GeN.Ir/c1-34(2,3)26-20-22(21-10-5-4-6-11-21)16-18-28(26)41-29-15-8-7-14-27(29)39-32(41)25-13-9-12-23-24-17-19-30(35(36,37)38)40-33(24)42-31(23)25;1-14(2)11-16-12-18(15-9-7-6-8-10-15)20-13-17(16)19(3,4)5;/h4-12,14-20H,1-3H3;6-9,12-14H,11H2,1-5H3;/q2*-1;. The predicted molar refractivity (Wildman–Crippen MR) is 250 cm³/mol. The van der Waals surface area contributed by atoms with Crippen molar-refractivity contribution in [2.24, 2.45) is 5.92 Å². The first-order valence-corrected chi connectivity index (χ1v) is 28.3. The van der Waals surface area contributed by atoms with Crippen LogP contribution in [0.15, 0.2) is 138 Å². The monoisotopic (exact) mass is 1080 g/mol. The van der Waals surface area contributed by atoms with Crippen LogP contribution in [0.1, 0.15) is 51.4 Å². The van der Waals surface area contributed by atoms with Crippen LogP contribution in [-0.2, 0) is 38.1 Å². The van der Waals surface area contributed by atoms with Crippen molar-refractivity contribution >= 4 is 50.8 Å². The molecule has 5 nitrogen and oxygen atoms in total. The maximum absolute atomic E-state index is 13.4. The van der Waals surface area contributed by atoms with Gasteiger partial charge < -0.3 is 8.98 Å². The van der Waals surface area contributed by atoms with Crippen LogP contribution in [0.3, 0.4) is 0 Å². The molecule has 5 aromatic carbocycles. The number of fused-ring (bicyclic) bond motifs is 4. The van der Waals surface area contributed by atoms with Gasteiger partial charge in [-0.15, -0.1) is 18.2 Å². The molecular formula is C53H49F3GeIrN4O-2. The molecule has 9 aromatic rings. The summed E-state index contributed by atoms with van der Waals surface area (Å²) in [5, 5.41) is 1.15. The van der Waals surface area contributed by atoms with Gasteiger partial charge in [-0.25, -0.2) is 4.98 Å². The Labute approximate surface area is 383 Å². The van der Waals surface area contributed by atoms with Crippen LogP contribution in [0, 0.1) is 18.1 Å². The number of halogens is 3. The average Bonchev–Trinajstić information content (AvgIpc) is 3.82. The Morgan fingerprint density at radius 1 is 0.746 bits per heavy atom. The van der Waals surface area contributed by atoms with Crippen LogP contribution in [-0.4, -0.2) is 32.8 Å². The smallest absolute Gasteiger partial charge is 0 e. The van der Waals surface area contributed by atoms with Crippen LogP contribution in [0.25, 0.3) is 72.6 Å². The maximum atomic E-state index is 13.4. The van der Waals surface area contributed by atoms with Crippen LogP contribution < -0.4 is 4.40 Å². The molecule has 0 aliphatic heterocycles. The predicted octanol–water partition coefficient (Wildman–Crippen LogP) is 14.1. The quantitative estimate of drug-likeness (QED) is 0.118. The zero-order valence-electron chi connectivity index (χ0n) is 36.7. The second-order valence-electron chi connectivity index (χ2n) is 18.2. The molecule has 1 radical (unpaired) electrons. The van der Waals surface area contributed by atoms with Crippen molar-refractivity contribution in [1.29, 1.82) is 0 Å².